The molecule has 1 aromatic carbocycles. The summed E-state index contributed by atoms with van der Waals surface area (Å²) in [6.45, 7) is 3.84. The van der Waals surface area contributed by atoms with E-state index in [9.17, 15) is 4.79 Å². The Bertz CT molecular complexity index is 590. The fourth-order valence-electron chi connectivity index (χ4n) is 1.83. The van der Waals surface area contributed by atoms with Crippen molar-refractivity contribution in [2.75, 3.05) is 6.61 Å². The number of hydrogen-bond acceptors (Lipinski definition) is 4. The lowest BCUT2D eigenvalue weighted by Crippen LogP contribution is -2.12. The number of rotatable bonds is 4. The fraction of sp³-hybridized carbons (Fsp3) is 0.286. The number of benzene rings is 1. The van der Waals surface area contributed by atoms with Crippen LogP contribution in [0.15, 0.2) is 30.3 Å². The third-order valence-electron chi connectivity index (χ3n) is 2.65. The Hall–Kier alpha value is -2.14. The van der Waals surface area contributed by atoms with Crippen LogP contribution in [0, 0.1) is 6.92 Å². The molecule has 1 N–H and O–H groups in total. The summed E-state index contributed by atoms with van der Waals surface area (Å²) in [7, 11) is 0. The number of aryl methyl sites for hydroxylation is 1. The van der Waals surface area contributed by atoms with Gasteiger partial charge in [-0.1, -0.05) is 12.1 Å². The molecule has 2 rings (SSSR count). The van der Waals surface area contributed by atoms with Gasteiger partial charge >= 0.3 is 5.97 Å². The minimum atomic E-state index is -0.405. The molecule has 0 saturated carbocycles. The van der Waals surface area contributed by atoms with Crippen molar-refractivity contribution in [3.05, 3.63) is 47.3 Å². The van der Waals surface area contributed by atoms with Gasteiger partial charge < -0.3 is 9.84 Å². The van der Waals surface area contributed by atoms with E-state index in [1.807, 2.05) is 25.1 Å². The maximum absolute atomic E-state index is 11.9. The summed E-state index contributed by atoms with van der Waals surface area (Å²) >= 11 is 0. The van der Waals surface area contributed by atoms with E-state index < -0.39 is 5.97 Å². The van der Waals surface area contributed by atoms with Gasteiger partial charge in [0.2, 0.25) is 0 Å². The first-order valence-electron chi connectivity index (χ1n) is 6.09. The van der Waals surface area contributed by atoms with Crippen LogP contribution in [0.25, 0.3) is 5.69 Å². The van der Waals surface area contributed by atoms with E-state index in [2.05, 4.69) is 5.10 Å². The van der Waals surface area contributed by atoms with Gasteiger partial charge in [0.15, 0.2) is 5.69 Å². The molecule has 0 unspecified atom stereocenters. The lowest BCUT2D eigenvalue weighted by atomic mass is 10.2. The second kappa shape index (κ2) is 5.67. The highest BCUT2D eigenvalue weighted by Gasteiger charge is 2.16. The quantitative estimate of drug-likeness (QED) is 0.852. The number of carbonyl (C=O) groups excluding carboxylic acids is 1. The Kier molecular flexibility index (Phi) is 3.97. The number of esters is 1. The smallest absolute Gasteiger partial charge is 0.357 e. The minimum Gasteiger partial charge on any atom is -0.461 e. The van der Waals surface area contributed by atoms with Crippen molar-refractivity contribution in [3.8, 4) is 5.69 Å². The summed E-state index contributed by atoms with van der Waals surface area (Å²) in [5, 5.41) is 13.4. The lowest BCUT2D eigenvalue weighted by Gasteiger charge is -2.07. The monoisotopic (exact) mass is 260 g/mol. The average molecular weight is 260 g/mol. The molecule has 1 heterocycles. The molecule has 0 aliphatic carbocycles. The second-order valence-corrected chi connectivity index (χ2v) is 4.13. The number of nitrogens with zero attached hydrogens (tertiary/aromatic N) is 2. The number of aliphatic hydroxyl groups excluding tert-OH is 1. The summed E-state index contributed by atoms with van der Waals surface area (Å²) in [5.74, 6) is -0.405. The lowest BCUT2D eigenvalue weighted by molar-refractivity contribution is 0.0515. The second-order valence-electron chi connectivity index (χ2n) is 4.13. The van der Waals surface area contributed by atoms with Gasteiger partial charge in [-0.3, -0.25) is 0 Å². The molecule has 5 heteroatoms. The van der Waals surface area contributed by atoms with Crippen LogP contribution >= 0.6 is 0 Å². The molecule has 0 bridgehead atoms. The fourth-order valence-corrected chi connectivity index (χ4v) is 1.83. The predicted octanol–water partition coefficient (Wildman–Crippen LogP) is 1.85. The van der Waals surface area contributed by atoms with Gasteiger partial charge in [-0.15, -0.1) is 0 Å². The summed E-state index contributed by atoms with van der Waals surface area (Å²) < 4.78 is 6.55. The molecule has 0 saturated heterocycles. The predicted molar refractivity (Wildman–Crippen MR) is 70.2 cm³/mol. The van der Waals surface area contributed by atoms with Crippen molar-refractivity contribution in [1.29, 1.82) is 0 Å². The van der Waals surface area contributed by atoms with Crippen LogP contribution in [0.2, 0.25) is 0 Å². The van der Waals surface area contributed by atoms with Crippen LogP contribution in [0.4, 0.5) is 0 Å². The molecule has 100 valence electrons. The molecular formula is C14H16N2O3. The normalized spacial score (nSPS) is 10.5. The van der Waals surface area contributed by atoms with Crippen LogP contribution in [0.1, 0.15) is 28.7 Å². The van der Waals surface area contributed by atoms with Gasteiger partial charge in [0.05, 0.1) is 24.6 Å². The van der Waals surface area contributed by atoms with E-state index in [0.717, 1.165) is 16.9 Å². The first-order chi connectivity index (χ1) is 9.15. The molecule has 5 nitrogen and oxygen atoms in total. The maximum Gasteiger partial charge on any atom is 0.357 e. The first-order valence-corrected chi connectivity index (χ1v) is 6.09. The Labute approximate surface area is 111 Å². The minimum absolute atomic E-state index is 0.0527. The van der Waals surface area contributed by atoms with Gasteiger partial charge in [-0.05, 0) is 37.6 Å². The Morgan fingerprint density at radius 2 is 2.21 bits per heavy atom. The van der Waals surface area contributed by atoms with Crippen molar-refractivity contribution in [1.82, 2.24) is 9.78 Å². The number of aliphatic hydroxyl groups is 1. The van der Waals surface area contributed by atoms with Crippen molar-refractivity contribution >= 4 is 5.97 Å². The standard InChI is InChI=1S/C14H16N2O3/c1-3-19-14(18)13-7-10(2)15-16(13)12-6-4-5-11(8-12)9-17/h4-8,17H,3,9H2,1-2H3. The molecule has 0 aliphatic heterocycles. The highest BCUT2D eigenvalue weighted by Crippen LogP contribution is 2.15. The Morgan fingerprint density at radius 3 is 2.89 bits per heavy atom. The van der Waals surface area contributed by atoms with Crippen molar-refractivity contribution < 1.29 is 14.6 Å². The van der Waals surface area contributed by atoms with Crippen LogP contribution < -0.4 is 0 Å². The topological polar surface area (TPSA) is 64.3 Å². The van der Waals surface area contributed by atoms with E-state index in [1.54, 1.807) is 19.1 Å². The van der Waals surface area contributed by atoms with Crippen molar-refractivity contribution in [2.24, 2.45) is 0 Å². The van der Waals surface area contributed by atoms with E-state index in [0.29, 0.717) is 12.3 Å². The third kappa shape index (κ3) is 2.82. The number of ether oxygens (including phenoxy) is 1. The van der Waals surface area contributed by atoms with E-state index in [1.165, 1.54) is 4.68 Å². The van der Waals surface area contributed by atoms with Crippen molar-refractivity contribution in [3.63, 3.8) is 0 Å². The molecule has 0 atom stereocenters. The summed E-state index contributed by atoms with van der Waals surface area (Å²) in [6, 6.07) is 8.92. The molecule has 1 aromatic heterocycles. The molecule has 19 heavy (non-hydrogen) atoms. The van der Waals surface area contributed by atoms with E-state index >= 15 is 0 Å². The maximum atomic E-state index is 11.9. The SMILES string of the molecule is CCOC(=O)c1cc(C)nn1-c1cccc(CO)c1. The zero-order valence-electron chi connectivity index (χ0n) is 11.0. The number of aromatic nitrogens is 2. The van der Waals surface area contributed by atoms with E-state index in [4.69, 9.17) is 9.84 Å². The number of carbonyl (C=O) groups is 1. The third-order valence-corrected chi connectivity index (χ3v) is 2.65. The van der Waals surface area contributed by atoms with Gasteiger partial charge in [0, 0.05) is 0 Å². The molecule has 0 spiro atoms. The molecular weight excluding hydrogens is 244 g/mol. The molecule has 0 amide bonds. The highest BCUT2D eigenvalue weighted by molar-refractivity contribution is 5.88. The zero-order valence-corrected chi connectivity index (χ0v) is 11.0. The van der Waals surface area contributed by atoms with Gasteiger partial charge in [0.1, 0.15) is 0 Å². The summed E-state index contributed by atoms with van der Waals surface area (Å²) in [4.78, 5) is 11.9. The van der Waals surface area contributed by atoms with E-state index in [-0.39, 0.29) is 6.61 Å². The van der Waals surface area contributed by atoms with Crippen LogP contribution in [-0.4, -0.2) is 27.5 Å². The summed E-state index contributed by atoms with van der Waals surface area (Å²) in [5.41, 5.74) is 2.61. The van der Waals surface area contributed by atoms with Gasteiger partial charge in [-0.25, -0.2) is 9.48 Å². The van der Waals surface area contributed by atoms with Gasteiger partial charge in [0.25, 0.3) is 0 Å². The molecule has 2 aromatic rings. The zero-order chi connectivity index (χ0) is 13.8. The average Bonchev–Trinajstić information content (AvgIpc) is 2.81. The first kappa shape index (κ1) is 13.3. The largest absolute Gasteiger partial charge is 0.461 e. The number of hydrogen-bond donors (Lipinski definition) is 1. The molecule has 0 aliphatic rings. The van der Waals surface area contributed by atoms with Gasteiger partial charge in [-0.2, -0.15) is 5.10 Å². The Balaban J connectivity index is 2.46. The Morgan fingerprint density at radius 1 is 1.42 bits per heavy atom. The van der Waals surface area contributed by atoms with Crippen LogP contribution in [0.5, 0.6) is 0 Å². The van der Waals surface area contributed by atoms with Crippen molar-refractivity contribution in [2.45, 2.75) is 20.5 Å². The highest BCUT2D eigenvalue weighted by atomic mass is 16.5. The van der Waals surface area contributed by atoms with Crippen LogP contribution in [0.3, 0.4) is 0 Å². The molecule has 0 radical (unpaired) electrons. The molecule has 0 fully saturated rings. The summed E-state index contributed by atoms with van der Waals surface area (Å²) in [6.07, 6.45) is 0. The van der Waals surface area contributed by atoms with Crippen LogP contribution in [-0.2, 0) is 11.3 Å².